The maximum Gasteiger partial charge on any atom is 0.252 e. The van der Waals surface area contributed by atoms with Crippen LogP contribution < -0.4 is 15.8 Å². The summed E-state index contributed by atoms with van der Waals surface area (Å²) in [6.07, 6.45) is 0.810. The van der Waals surface area contributed by atoms with E-state index in [9.17, 15) is 18.0 Å². The van der Waals surface area contributed by atoms with Crippen LogP contribution in [0.2, 0.25) is 5.02 Å². The van der Waals surface area contributed by atoms with Crippen LogP contribution in [-0.2, 0) is 21.4 Å². The van der Waals surface area contributed by atoms with Crippen LogP contribution in [0, 0.1) is 0 Å². The van der Waals surface area contributed by atoms with Crippen molar-refractivity contribution in [3.8, 4) is 0 Å². The molecule has 5 rings (SSSR count). The summed E-state index contributed by atoms with van der Waals surface area (Å²) in [5.74, 6) is -0.179. The van der Waals surface area contributed by atoms with Crippen molar-refractivity contribution in [1.82, 2.24) is 15.0 Å². The molecule has 0 bridgehead atoms. The number of piperidine rings is 1. The second-order valence-corrected chi connectivity index (χ2v) is 12.5. The molecule has 0 radical (unpaired) electrons. The fourth-order valence-corrected chi connectivity index (χ4v) is 7.71. The highest BCUT2D eigenvalue weighted by atomic mass is 35.5. The molecule has 2 aliphatic rings. The van der Waals surface area contributed by atoms with Gasteiger partial charge in [0.05, 0.1) is 18.8 Å². The van der Waals surface area contributed by atoms with Gasteiger partial charge in [0.15, 0.2) is 5.78 Å². The van der Waals surface area contributed by atoms with E-state index in [1.54, 1.807) is 36.4 Å². The molecule has 0 aliphatic carbocycles. The Hall–Kier alpha value is -2.76. The van der Waals surface area contributed by atoms with E-state index in [0.717, 1.165) is 21.9 Å². The highest BCUT2D eigenvalue weighted by molar-refractivity contribution is 7.91. The molecule has 1 spiro atoms. The lowest BCUT2D eigenvalue weighted by atomic mass is 9.84. The van der Waals surface area contributed by atoms with Crippen LogP contribution in [-0.4, -0.2) is 49.6 Å². The second-order valence-electron chi connectivity index (χ2n) is 8.78. The zero-order valence-electron chi connectivity index (χ0n) is 19.3. The van der Waals surface area contributed by atoms with E-state index in [2.05, 4.69) is 10.7 Å². The number of hydrogen-bond acceptors (Lipinski definition) is 7. The Morgan fingerprint density at radius 2 is 1.72 bits per heavy atom. The summed E-state index contributed by atoms with van der Waals surface area (Å²) in [6.45, 7) is 0.952. The van der Waals surface area contributed by atoms with Crippen molar-refractivity contribution >= 4 is 50.3 Å². The number of ketones is 1. The fraction of sp³-hybridized carbons (Fsp3) is 0.280. The quantitative estimate of drug-likeness (QED) is 0.493. The Kier molecular flexibility index (Phi) is 6.88. The molecule has 11 heteroatoms. The van der Waals surface area contributed by atoms with Gasteiger partial charge in [-0.3, -0.25) is 14.6 Å². The maximum absolute atomic E-state index is 13.4. The number of rotatable bonds is 6. The molecule has 3 heterocycles. The van der Waals surface area contributed by atoms with Crippen LogP contribution in [0.4, 0.5) is 5.69 Å². The number of amides is 1. The van der Waals surface area contributed by atoms with E-state index < -0.39 is 15.6 Å². The van der Waals surface area contributed by atoms with Crippen molar-refractivity contribution in [2.24, 2.45) is 0 Å². The topological polar surface area (TPSA) is 98.8 Å². The first-order valence-corrected chi connectivity index (χ1v) is 14.2. The number of carbonyl (C=O) groups excluding carboxylic acids is 2. The van der Waals surface area contributed by atoms with Crippen LogP contribution in [0.25, 0.3) is 0 Å². The SMILES string of the molecule is O=C(NCc1ccc(S(=O)(=O)N2CCC3(CC2)C(=O)CNN3c2ccccc2)s1)c1ccc(Cl)cc1. The van der Waals surface area contributed by atoms with E-state index in [-0.39, 0.29) is 42.1 Å². The first kappa shape index (κ1) is 24.9. The Labute approximate surface area is 218 Å². The number of halogens is 1. The molecule has 0 atom stereocenters. The third-order valence-electron chi connectivity index (χ3n) is 6.67. The molecule has 2 fully saturated rings. The molecule has 2 aromatic carbocycles. The average molecular weight is 545 g/mol. The normalized spacial score (nSPS) is 18.0. The Balaban J connectivity index is 1.24. The Bertz CT molecular complexity index is 1370. The number of hydrazine groups is 1. The fourth-order valence-electron chi connectivity index (χ4n) is 4.70. The van der Waals surface area contributed by atoms with Gasteiger partial charge in [0.1, 0.15) is 9.75 Å². The summed E-state index contributed by atoms with van der Waals surface area (Å²) in [5.41, 5.74) is 3.81. The molecule has 8 nitrogen and oxygen atoms in total. The van der Waals surface area contributed by atoms with E-state index in [1.807, 2.05) is 35.3 Å². The molecule has 2 saturated heterocycles. The van der Waals surface area contributed by atoms with Crippen molar-refractivity contribution < 1.29 is 18.0 Å². The number of para-hydroxylation sites is 1. The van der Waals surface area contributed by atoms with Crippen molar-refractivity contribution in [2.75, 3.05) is 24.6 Å². The standard InChI is InChI=1S/C25H25ClN4O4S2/c26-19-8-6-18(7-9-19)24(32)27-16-21-10-11-23(35-21)36(33,34)29-14-12-25(13-15-29)22(31)17-28-30(25)20-4-2-1-3-5-20/h1-11,28H,12-17H2,(H,27,32). The van der Waals surface area contributed by atoms with Crippen LogP contribution in [0.15, 0.2) is 70.9 Å². The van der Waals surface area contributed by atoms with Gasteiger partial charge in [-0.15, -0.1) is 11.3 Å². The number of hydrogen-bond donors (Lipinski definition) is 2. The summed E-state index contributed by atoms with van der Waals surface area (Å²) >= 11 is 7.00. The molecule has 36 heavy (non-hydrogen) atoms. The minimum atomic E-state index is -3.71. The number of thiophene rings is 1. The molecule has 1 aromatic heterocycles. The number of carbonyl (C=O) groups is 2. The van der Waals surface area contributed by atoms with Crippen LogP contribution in [0.3, 0.4) is 0 Å². The maximum atomic E-state index is 13.4. The van der Waals surface area contributed by atoms with E-state index in [4.69, 9.17) is 11.6 Å². The smallest absolute Gasteiger partial charge is 0.252 e. The monoisotopic (exact) mass is 544 g/mol. The molecular formula is C25H25ClN4O4S2. The average Bonchev–Trinajstić information content (AvgIpc) is 3.50. The van der Waals surface area contributed by atoms with Gasteiger partial charge in [-0.2, -0.15) is 4.31 Å². The largest absolute Gasteiger partial charge is 0.347 e. The number of nitrogens with zero attached hydrogens (tertiary/aromatic N) is 2. The zero-order chi connectivity index (χ0) is 25.3. The van der Waals surface area contributed by atoms with Gasteiger partial charge in [-0.1, -0.05) is 29.8 Å². The predicted molar refractivity (Wildman–Crippen MR) is 140 cm³/mol. The number of benzene rings is 2. The molecule has 0 saturated carbocycles. The van der Waals surface area contributed by atoms with Gasteiger partial charge < -0.3 is 5.32 Å². The molecule has 1 amide bonds. The lowest BCUT2D eigenvalue weighted by molar-refractivity contribution is -0.122. The number of anilines is 1. The molecule has 188 valence electrons. The van der Waals surface area contributed by atoms with Gasteiger partial charge in [-0.25, -0.2) is 13.8 Å². The number of nitrogens with one attached hydrogen (secondary N) is 2. The molecule has 0 unspecified atom stereocenters. The molecule has 2 aliphatic heterocycles. The van der Waals surface area contributed by atoms with Gasteiger partial charge in [0.2, 0.25) is 0 Å². The van der Waals surface area contributed by atoms with Crippen LogP contribution >= 0.6 is 22.9 Å². The van der Waals surface area contributed by atoms with E-state index >= 15 is 0 Å². The minimum Gasteiger partial charge on any atom is -0.347 e. The Morgan fingerprint density at radius 1 is 1.03 bits per heavy atom. The summed E-state index contributed by atoms with van der Waals surface area (Å²) in [6, 6.07) is 19.5. The van der Waals surface area contributed by atoms with Crippen molar-refractivity contribution in [3.05, 3.63) is 82.2 Å². The van der Waals surface area contributed by atoms with Gasteiger partial charge in [0, 0.05) is 28.6 Å². The van der Waals surface area contributed by atoms with Crippen molar-refractivity contribution in [3.63, 3.8) is 0 Å². The lowest BCUT2D eigenvalue weighted by Crippen LogP contribution is -2.58. The number of Topliss-reactive ketones (excluding diaryl/α,β-unsaturated/α-hetero) is 1. The molecule has 3 aromatic rings. The second kappa shape index (κ2) is 9.95. The van der Waals surface area contributed by atoms with Crippen LogP contribution in [0.1, 0.15) is 28.1 Å². The summed E-state index contributed by atoms with van der Waals surface area (Å²) in [7, 11) is -3.71. The van der Waals surface area contributed by atoms with Gasteiger partial charge in [0.25, 0.3) is 15.9 Å². The van der Waals surface area contributed by atoms with Crippen LogP contribution in [0.5, 0.6) is 0 Å². The summed E-state index contributed by atoms with van der Waals surface area (Å²) < 4.78 is 28.4. The summed E-state index contributed by atoms with van der Waals surface area (Å²) in [5, 5.41) is 5.26. The number of sulfonamides is 1. The third-order valence-corrected chi connectivity index (χ3v) is 10.4. The summed E-state index contributed by atoms with van der Waals surface area (Å²) in [4.78, 5) is 26.0. The minimum absolute atomic E-state index is 0.0817. The first-order chi connectivity index (χ1) is 17.3. The van der Waals surface area contributed by atoms with E-state index in [0.29, 0.717) is 23.4 Å². The van der Waals surface area contributed by atoms with E-state index in [1.165, 1.54) is 4.31 Å². The van der Waals surface area contributed by atoms with Crippen molar-refractivity contribution in [1.29, 1.82) is 0 Å². The molecular weight excluding hydrogens is 520 g/mol. The predicted octanol–water partition coefficient (Wildman–Crippen LogP) is 3.45. The third kappa shape index (κ3) is 4.67. The highest BCUT2D eigenvalue weighted by Crippen LogP contribution is 2.37. The Morgan fingerprint density at radius 3 is 2.42 bits per heavy atom. The lowest BCUT2D eigenvalue weighted by Gasteiger charge is -2.43. The first-order valence-electron chi connectivity index (χ1n) is 11.5. The van der Waals surface area contributed by atoms with Crippen molar-refractivity contribution in [2.45, 2.75) is 29.1 Å². The highest BCUT2D eigenvalue weighted by Gasteiger charge is 2.51. The zero-order valence-corrected chi connectivity index (χ0v) is 21.7. The van der Waals surface area contributed by atoms with Gasteiger partial charge >= 0.3 is 0 Å². The molecule has 2 N–H and O–H groups in total. The van der Waals surface area contributed by atoms with Gasteiger partial charge in [-0.05, 0) is 61.4 Å².